The van der Waals surface area contributed by atoms with Gasteiger partial charge in [0.1, 0.15) is 30.5 Å². The van der Waals surface area contributed by atoms with Gasteiger partial charge in [0.05, 0.1) is 7.11 Å². The molecule has 0 atom stereocenters. The average Bonchev–Trinajstić information content (AvgIpc) is 2.54. The summed E-state index contributed by atoms with van der Waals surface area (Å²) < 4.78 is 16.3. The van der Waals surface area contributed by atoms with Crippen molar-refractivity contribution >= 4 is 0 Å². The largest absolute Gasteiger partial charge is 0.497 e. The fraction of sp³-hybridized carbons (Fsp3) is 0.294. The summed E-state index contributed by atoms with van der Waals surface area (Å²) in [5.41, 5.74) is 1.24. The summed E-state index contributed by atoms with van der Waals surface area (Å²) in [6.45, 7) is 1.88. The maximum Gasteiger partial charge on any atom is 0.122 e. The molecule has 0 fully saturated rings. The van der Waals surface area contributed by atoms with E-state index in [0.29, 0.717) is 13.2 Å². The lowest BCUT2D eigenvalue weighted by Gasteiger charge is -2.09. The Bertz CT molecular complexity index is 523. The number of nitrogens with one attached hydrogen (secondary N) is 1. The van der Waals surface area contributed by atoms with Crippen molar-refractivity contribution in [2.24, 2.45) is 0 Å². The van der Waals surface area contributed by atoms with Crippen molar-refractivity contribution in [2.75, 3.05) is 27.4 Å². The molecule has 0 bridgehead atoms. The number of ether oxygens (including phenoxy) is 3. The molecule has 0 spiro atoms. The van der Waals surface area contributed by atoms with E-state index in [9.17, 15) is 0 Å². The van der Waals surface area contributed by atoms with E-state index in [0.717, 1.165) is 23.8 Å². The van der Waals surface area contributed by atoms with E-state index in [4.69, 9.17) is 14.2 Å². The molecule has 112 valence electrons. The van der Waals surface area contributed by atoms with Crippen molar-refractivity contribution in [3.63, 3.8) is 0 Å². The maximum absolute atomic E-state index is 5.64. The van der Waals surface area contributed by atoms with Crippen molar-refractivity contribution in [2.45, 2.75) is 6.54 Å². The molecule has 0 aromatic heterocycles. The summed E-state index contributed by atoms with van der Waals surface area (Å²) in [7, 11) is 3.58. The minimum Gasteiger partial charge on any atom is -0.497 e. The average molecular weight is 287 g/mol. The second kappa shape index (κ2) is 8.17. The number of methoxy groups -OCH3 is 1. The standard InChI is InChI=1S/C17H21NO3/c1-18-13-14-3-5-16(6-4-14)20-11-12-21-17-9-7-15(19-2)8-10-17/h3-10,18H,11-13H2,1-2H3. The maximum atomic E-state index is 5.64. The summed E-state index contributed by atoms with van der Waals surface area (Å²) in [5, 5.41) is 3.11. The predicted octanol–water partition coefficient (Wildman–Crippen LogP) is 2.87. The summed E-state index contributed by atoms with van der Waals surface area (Å²) in [5.74, 6) is 2.48. The van der Waals surface area contributed by atoms with E-state index in [-0.39, 0.29) is 0 Å². The van der Waals surface area contributed by atoms with Gasteiger partial charge in [-0.3, -0.25) is 0 Å². The molecule has 2 aromatic carbocycles. The van der Waals surface area contributed by atoms with Crippen LogP contribution < -0.4 is 19.5 Å². The van der Waals surface area contributed by atoms with Gasteiger partial charge in [0, 0.05) is 6.54 Å². The Morgan fingerprint density at radius 2 is 1.24 bits per heavy atom. The molecule has 0 saturated heterocycles. The van der Waals surface area contributed by atoms with E-state index in [2.05, 4.69) is 17.4 Å². The molecule has 0 amide bonds. The monoisotopic (exact) mass is 287 g/mol. The van der Waals surface area contributed by atoms with E-state index in [1.54, 1.807) is 7.11 Å². The van der Waals surface area contributed by atoms with Crippen LogP contribution in [-0.4, -0.2) is 27.4 Å². The lowest BCUT2D eigenvalue weighted by molar-refractivity contribution is 0.217. The molecule has 0 aliphatic heterocycles. The molecule has 0 saturated carbocycles. The van der Waals surface area contributed by atoms with E-state index in [1.807, 2.05) is 43.4 Å². The molecule has 1 N–H and O–H groups in total. The third-order valence-corrected chi connectivity index (χ3v) is 2.98. The second-order valence-corrected chi connectivity index (χ2v) is 4.55. The quantitative estimate of drug-likeness (QED) is 0.758. The van der Waals surface area contributed by atoms with E-state index >= 15 is 0 Å². The molecular formula is C17H21NO3. The van der Waals surface area contributed by atoms with Gasteiger partial charge in [-0.05, 0) is 49.0 Å². The van der Waals surface area contributed by atoms with Crippen LogP contribution in [0.3, 0.4) is 0 Å². The molecule has 0 aliphatic rings. The molecule has 0 unspecified atom stereocenters. The van der Waals surface area contributed by atoms with Crippen LogP contribution in [0.4, 0.5) is 0 Å². The number of hydrogen-bond donors (Lipinski definition) is 1. The van der Waals surface area contributed by atoms with Crippen LogP contribution in [-0.2, 0) is 6.54 Å². The summed E-state index contributed by atoms with van der Waals surface area (Å²) in [4.78, 5) is 0. The normalized spacial score (nSPS) is 10.2. The molecule has 2 aromatic rings. The molecule has 21 heavy (non-hydrogen) atoms. The first-order valence-electron chi connectivity index (χ1n) is 6.95. The van der Waals surface area contributed by atoms with Crippen molar-refractivity contribution in [3.05, 3.63) is 54.1 Å². The minimum atomic E-state index is 0.505. The van der Waals surface area contributed by atoms with Gasteiger partial charge in [-0.2, -0.15) is 0 Å². The number of rotatable bonds is 8. The number of hydrogen-bond acceptors (Lipinski definition) is 4. The van der Waals surface area contributed by atoms with Crippen LogP contribution in [0.5, 0.6) is 17.2 Å². The molecular weight excluding hydrogens is 266 g/mol. The molecule has 4 heteroatoms. The lowest BCUT2D eigenvalue weighted by atomic mass is 10.2. The van der Waals surface area contributed by atoms with Gasteiger partial charge < -0.3 is 19.5 Å². The summed E-state index contributed by atoms with van der Waals surface area (Å²) in [6, 6.07) is 15.6. The molecule has 0 radical (unpaired) electrons. The molecule has 0 aliphatic carbocycles. The Morgan fingerprint density at radius 3 is 1.71 bits per heavy atom. The Morgan fingerprint density at radius 1 is 0.762 bits per heavy atom. The first-order chi connectivity index (χ1) is 10.3. The van der Waals surface area contributed by atoms with Crippen LogP contribution in [0.1, 0.15) is 5.56 Å². The van der Waals surface area contributed by atoms with Crippen LogP contribution >= 0.6 is 0 Å². The summed E-state index contributed by atoms with van der Waals surface area (Å²) in [6.07, 6.45) is 0. The number of benzene rings is 2. The van der Waals surface area contributed by atoms with Crippen LogP contribution in [0.15, 0.2) is 48.5 Å². The topological polar surface area (TPSA) is 39.7 Å². The predicted molar refractivity (Wildman–Crippen MR) is 83.2 cm³/mol. The van der Waals surface area contributed by atoms with E-state index in [1.165, 1.54) is 5.56 Å². The second-order valence-electron chi connectivity index (χ2n) is 4.55. The van der Waals surface area contributed by atoms with Crippen LogP contribution in [0.2, 0.25) is 0 Å². The Balaban J connectivity index is 1.71. The third kappa shape index (κ3) is 5.00. The zero-order valence-electron chi connectivity index (χ0n) is 12.5. The zero-order chi connectivity index (χ0) is 14.9. The van der Waals surface area contributed by atoms with Crippen molar-refractivity contribution in [1.82, 2.24) is 5.32 Å². The lowest BCUT2D eigenvalue weighted by Crippen LogP contribution is -2.09. The summed E-state index contributed by atoms with van der Waals surface area (Å²) >= 11 is 0. The van der Waals surface area contributed by atoms with E-state index < -0.39 is 0 Å². The van der Waals surface area contributed by atoms with Crippen molar-refractivity contribution < 1.29 is 14.2 Å². The first kappa shape index (κ1) is 15.2. The van der Waals surface area contributed by atoms with Gasteiger partial charge in [-0.25, -0.2) is 0 Å². The molecule has 4 nitrogen and oxygen atoms in total. The highest BCUT2D eigenvalue weighted by Gasteiger charge is 1.97. The van der Waals surface area contributed by atoms with Gasteiger partial charge in [-0.1, -0.05) is 12.1 Å². The van der Waals surface area contributed by atoms with Crippen LogP contribution in [0, 0.1) is 0 Å². The van der Waals surface area contributed by atoms with Gasteiger partial charge >= 0.3 is 0 Å². The fourth-order valence-corrected chi connectivity index (χ4v) is 1.90. The Kier molecular flexibility index (Phi) is 5.91. The van der Waals surface area contributed by atoms with Crippen molar-refractivity contribution in [1.29, 1.82) is 0 Å². The Labute approximate surface area is 125 Å². The van der Waals surface area contributed by atoms with Crippen LogP contribution in [0.25, 0.3) is 0 Å². The van der Waals surface area contributed by atoms with Gasteiger partial charge in [0.2, 0.25) is 0 Å². The first-order valence-corrected chi connectivity index (χ1v) is 6.95. The van der Waals surface area contributed by atoms with Crippen molar-refractivity contribution in [3.8, 4) is 17.2 Å². The Hall–Kier alpha value is -2.20. The third-order valence-electron chi connectivity index (χ3n) is 2.98. The SMILES string of the molecule is CNCc1ccc(OCCOc2ccc(OC)cc2)cc1. The fourth-order valence-electron chi connectivity index (χ4n) is 1.90. The van der Waals surface area contributed by atoms with Gasteiger partial charge in [-0.15, -0.1) is 0 Å². The molecule has 2 rings (SSSR count). The molecule has 0 heterocycles. The highest BCUT2D eigenvalue weighted by molar-refractivity contribution is 5.31. The minimum absolute atomic E-state index is 0.505. The highest BCUT2D eigenvalue weighted by Crippen LogP contribution is 2.17. The smallest absolute Gasteiger partial charge is 0.122 e. The van der Waals surface area contributed by atoms with Gasteiger partial charge in [0.15, 0.2) is 0 Å². The van der Waals surface area contributed by atoms with Gasteiger partial charge in [0.25, 0.3) is 0 Å². The zero-order valence-corrected chi connectivity index (χ0v) is 12.5. The highest BCUT2D eigenvalue weighted by atomic mass is 16.5.